The maximum Gasteiger partial charge on any atom is 0.264 e. The fraction of sp³-hybridized carbons (Fsp3) is 0. The summed E-state index contributed by atoms with van der Waals surface area (Å²) in [6, 6.07) is 15.2. The van der Waals surface area contributed by atoms with Crippen molar-refractivity contribution in [3.05, 3.63) is 54.1 Å². The lowest BCUT2D eigenvalue weighted by Crippen LogP contribution is -2.04. The third-order valence-corrected chi connectivity index (χ3v) is 3.66. The molecule has 3 rings (SSSR count). The molecular formula is C14H8O2S. The summed E-state index contributed by atoms with van der Waals surface area (Å²) in [5, 5.41) is -0.386. The number of fused-ring (bicyclic) bond motifs is 1. The van der Waals surface area contributed by atoms with Crippen LogP contribution in [0.3, 0.4) is 0 Å². The lowest BCUT2D eigenvalue weighted by molar-refractivity contribution is -0.107. The summed E-state index contributed by atoms with van der Waals surface area (Å²) in [6.07, 6.45) is 0. The molecule has 0 radical (unpaired) electrons. The molecule has 0 saturated carbocycles. The van der Waals surface area contributed by atoms with Crippen molar-refractivity contribution in [2.45, 2.75) is 4.90 Å². The largest absolute Gasteiger partial charge is 0.284 e. The molecule has 82 valence electrons. The topological polar surface area (TPSA) is 34.1 Å². The Balaban J connectivity index is 2.25. The number of hydrogen-bond acceptors (Lipinski definition) is 3. The summed E-state index contributed by atoms with van der Waals surface area (Å²) in [6.45, 7) is 0. The van der Waals surface area contributed by atoms with Gasteiger partial charge in [0, 0.05) is 10.5 Å². The van der Waals surface area contributed by atoms with Gasteiger partial charge in [-0.15, -0.1) is 0 Å². The van der Waals surface area contributed by atoms with Crippen molar-refractivity contribution >= 4 is 22.7 Å². The molecule has 2 nitrogen and oxygen atoms in total. The van der Waals surface area contributed by atoms with Crippen LogP contribution in [-0.2, 0) is 4.79 Å². The summed E-state index contributed by atoms with van der Waals surface area (Å²) in [5.74, 6) is -0.385. The molecule has 1 heterocycles. The number of Topliss-reactive ketones (excluding diaryl/α,β-unsaturated/α-hetero) is 1. The van der Waals surface area contributed by atoms with E-state index in [9.17, 15) is 9.59 Å². The van der Waals surface area contributed by atoms with Crippen LogP contribution in [0.25, 0.3) is 11.1 Å². The average Bonchev–Trinajstić information content (AvgIpc) is 2.66. The van der Waals surface area contributed by atoms with Crippen LogP contribution in [-0.4, -0.2) is 10.9 Å². The first-order valence-electron chi connectivity index (χ1n) is 5.22. The van der Waals surface area contributed by atoms with Gasteiger partial charge >= 0.3 is 0 Å². The van der Waals surface area contributed by atoms with Gasteiger partial charge in [0.15, 0.2) is 0 Å². The molecular weight excluding hydrogens is 232 g/mol. The van der Waals surface area contributed by atoms with E-state index in [1.165, 1.54) is 0 Å². The van der Waals surface area contributed by atoms with Crippen LogP contribution in [0.1, 0.15) is 10.4 Å². The highest BCUT2D eigenvalue weighted by atomic mass is 32.2. The molecule has 0 fully saturated rings. The fourth-order valence-electron chi connectivity index (χ4n) is 1.96. The van der Waals surface area contributed by atoms with E-state index in [-0.39, 0.29) is 10.9 Å². The van der Waals surface area contributed by atoms with Crippen molar-refractivity contribution in [3.63, 3.8) is 0 Å². The second-order valence-corrected chi connectivity index (χ2v) is 4.78. The highest BCUT2D eigenvalue weighted by Crippen LogP contribution is 2.38. The molecule has 1 aliphatic rings. The SMILES string of the molecule is O=C1Sc2cccc(-c3ccccc3)c2C1=O. The molecule has 3 heteroatoms. The zero-order valence-corrected chi connectivity index (χ0v) is 9.66. The molecule has 0 aliphatic carbocycles. The van der Waals surface area contributed by atoms with Crippen LogP contribution in [0.15, 0.2) is 53.4 Å². The van der Waals surface area contributed by atoms with Gasteiger partial charge in [-0.2, -0.15) is 0 Å². The third-order valence-electron chi connectivity index (χ3n) is 2.73. The second kappa shape index (κ2) is 3.86. The molecule has 0 spiro atoms. The first-order valence-corrected chi connectivity index (χ1v) is 6.04. The van der Waals surface area contributed by atoms with E-state index in [0.717, 1.165) is 27.8 Å². The molecule has 0 amide bonds. The van der Waals surface area contributed by atoms with Crippen molar-refractivity contribution in [1.82, 2.24) is 0 Å². The van der Waals surface area contributed by atoms with Gasteiger partial charge in [-0.3, -0.25) is 9.59 Å². The Morgan fingerprint density at radius 3 is 2.35 bits per heavy atom. The van der Waals surface area contributed by atoms with E-state index in [4.69, 9.17) is 0 Å². The average molecular weight is 240 g/mol. The maximum absolute atomic E-state index is 11.8. The van der Waals surface area contributed by atoms with Crippen molar-refractivity contribution < 1.29 is 9.59 Å². The number of rotatable bonds is 1. The van der Waals surface area contributed by atoms with Gasteiger partial charge in [0.2, 0.25) is 5.78 Å². The zero-order valence-electron chi connectivity index (χ0n) is 8.84. The van der Waals surface area contributed by atoms with Gasteiger partial charge in [-0.05, 0) is 29.0 Å². The number of carbonyl (C=O) groups is 2. The van der Waals surface area contributed by atoms with Gasteiger partial charge in [-0.25, -0.2) is 0 Å². The van der Waals surface area contributed by atoms with Crippen LogP contribution < -0.4 is 0 Å². The molecule has 0 unspecified atom stereocenters. The molecule has 0 aromatic heterocycles. The lowest BCUT2D eigenvalue weighted by Gasteiger charge is -2.05. The van der Waals surface area contributed by atoms with Crippen LogP contribution in [0.5, 0.6) is 0 Å². The first-order chi connectivity index (χ1) is 8.27. The highest BCUT2D eigenvalue weighted by molar-refractivity contribution is 8.16. The van der Waals surface area contributed by atoms with Crippen molar-refractivity contribution in [3.8, 4) is 11.1 Å². The van der Waals surface area contributed by atoms with E-state index in [0.29, 0.717) is 5.56 Å². The first kappa shape index (κ1) is 10.3. The molecule has 0 atom stereocenters. The number of hydrogen-bond donors (Lipinski definition) is 0. The van der Waals surface area contributed by atoms with Gasteiger partial charge in [0.05, 0.1) is 0 Å². The Morgan fingerprint density at radius 2 is 1.59 bits per heavy atom. The molecule has 0 bridgehead atoms. The van der Waals surface area contributed by atoms with Crippen molar-refractivity contribution in [2.24, 2.45) is 0 Å². The molecule has 0 saturated heterocycles. The zero-order chi connectivity index (χ0) is 11.8. The van der Waals surface area contributed by atoms with E-state index >= 15 is 0 Å². The Labute approximate surface area is 103 Å². The Hall–Kier alpha value is -1.87. The van der Waals surface area contributed by atoms with Crippen LogP contribution >= 0.6 is 11.8 Å². The normalized spacial score (nSPS) is 13.9. The van der Waals surface area contributed by atoms with Crippen LogP contribution in [0.4, 0.5) is 0 Å². The van der Waals surface area contributed by atoms with E-state index < -0.39 is 0 Å². The van der Waals surface area contributed by atoms with Gasteiger partial charge in [0.25, 0.3) is 5.12 Å². The number of ketones is 1. The number of thioether (sulfide) groups is 1. The smallest absolute Gasteiger partial charge is 0.264 e. The van der Waals surface area contributed by atoms with E-state index in [1.807, 2.05) is 48.5 Å². The predicted molar refractivity (Wildman–Crippen MR) is 67.1 cm³/mol. The summed E-state index contributed by atoms with van der Waals surface area (Å²) in [4.78, 5) is 24.0. The Morgan fingerprint density at radius 1 is 0.824 bits per heavy atom. The maximum atomic E-state index is 11.8. The van der Waals surface area contributed by atoms with Crippen LogP contribution in [0, 0.1) is 0 Å². The van der Waals surface area contributed by atoms with Gasteiger partial charge in [0.1, 0.15) is 0 Å². The minimum atomic E-state index is -0.386. The van der Waals surface area contributed by atoms with Crippen molar-refractivity contribution in [1.29, 1.82) is 0 Å². The minimum absolute atomic E-state index is 0.385. The molecule has 0 N–H and O–H groups in total. The highest BCUT2D eigenvalue weighted by Gasteiger charge is 2.31. The second-order valence-electron chi connectivity index (χ2n) is 3.76. The molecule has 1 aliphatic heterocycles. The van der Waals surface area contributed by atoms with Crippen molar-refractivity contribution in [2.75, 3.05) is 0 Å². The number of carbonyl (C=O) groups excluding carboxylic acids is 2. The standard InChI is InChI=1S/C14H8O2S/c15-13-12-10(9-5-2-1-3-6-9)7-4-8-11(12)17-14(13)16/h1-8H. The van der Waals surface area contributed by atoms with Crippen LogP contribution in [0.2, 0.25) is 0 Å². The summed E-state index contributed by atoms with van der Waals surface area (Å²) in [7, 11) is 0. The van der Waals surface area contributed by atoms with E-state index in [2.05, 4.69) is 0 Å². The predicted octanol–water partition coefficient (Wildman–Crippen LogP) is 3.17. The van der Waals surface area contributed by atoms with E-state index in [1.54, 1.807) is 0 Å². The Bertz CT molecular complexity index is 617. The third kappa shape index (κ3) is 1.59. The fourth-order valence-corrected chi connectivity index (χ4v) is 2.80. The molecule has 2 aromatic rings. The Kier molecular flexibility index (Phi) is 2.34. The van der Waals surface area contributed by atoms with Gasteiger partial charge < -0.3 is 0 Å². The van der Waals surface area contributed by atoms with Gasteiger partial charge in [-0.1, -0.05) is 42.5 Å². The summed E-state index contributed by atoms with van der Waals surface area (Å²) >= 11 is 1.02. The summed E-state index contributed by atoms with van der Waals surface area (Å²) in [5.41, 5.74) is 2.35. The quantitative estimate of drug-likeness (QED) is 0.718. The number of benzene rings is 2. The monoisotopic (exact) mass is 240 g/mol. The molecule has 2 aromatic carbocycles. The molecule has 17 heavy (non-hydrogen) atoms. The lowest BCUT2D eigenvalue weighted by atomic mass is 9.97. The summed E-state index contributed by atoms with van der Waals surface area (Å²) < 4.78 is 0. The minimum Gasteiger partial charge on any atom is -0.284 e.